The molecule has 0 amide bonds. The Morgan fingerprint density at radius 3 is 2.54 bits per heavy atom. The van der Waals surface area contributed by atoms with Crippen molar-refractivity contribution in [2.24, 2.45) is 0 Å². The maximum Gasteiger partial charge on any atom is 0.343 e. The van der Waals surface area contributed by atoms with Crippen LogP contribution in [0.2, 0.25) is 0 Å². The van der Waals surface area contributed by atoms with E-state index in [9.17, 15) is 14.7 Å². The summed E-state index contributed by atoms with van der Waals surface area (Å²) in [6.45, 7) is 7.85. The van der Waals surface area contributed by atoms with Gasteiger partial charge in [0.15, 0.2) is 5.03 Å². The molecule has 0 aromatic carbocycles. The van der Waals surface area contributed by atoms with Gasteiger partial charge in [0.25, 0.3) is 0 Å². The summed E-state index contributed by atoms with van der Waals surface area (Å²) in [5.74, 6) is 2.38. The number of anilines is 2. The third-order valence-electron chi connectivity index (χ3n) is 4.22. The molecule has 11 heteroatoms. The molecular formula is C15H22N6O3S2. The number of hydrogen-bond donors (Lipinski definition) is 1. The van der Waals surface area contributed by atoms with Crippen LogP contribution in [0.15, 0.2) is 17.7 Å². The van der Waals surface area contributed by atoms with E-state index < -0.39 is 16.1 Å². The first-order valence-corrected chi connectivity index (χ1v) is 10.9. The molecule has 1 aromatic rings. The smallest absolute Gasteiger partial charge is 0.343 e. The minimum atomic E-state index is -0.864. The van der Waals surface area contributed by atoms with Crippen LogP contribution < -0.4 is 15.1 Å². The van der Waals surface area contributed by atoms with Crippen molar-refractivity contribution in [3.63, 3.8) is 0 Å². The number of hydrogen-bond acceptors (Lipinski definition) is 9. The molecule has 1 aromatic heterocycles. The highest BCUT2D eigenvalue weighted by Gasteiger charge is 2.32. The van der Waals surface area contributed by atoms with E-state index in [1.807, 2.05) is 9.80 Å². The fourth-order valence-corrected chi connectivity index (χ4v) is 4.66. The van der Waals surface area contributed by atoms with Gasteiger partial charge in [0.1, 0.15) is 11.5 Å². The van der Waals surface area contributed by atoms with Crippen molar-refractivity contribution >= 4 is 40.4 Å². The summed E-state index contributed by atoms with van der Waals surface area (Å²) in [4.78, 5) is 24.3. The van der Waals surface area contributed by atoms with E-state index in [-0.39, 0.29) is 5.69 Å². The number of piperazine rings is 1. The van der Waals surface area contributed by atoms with E-state index in [1.54, 1.807) is 6.08 Å². The molecule has 2 fully saturated rings. The molecule has 9 nitrogen and oxygen atoms in total. The van der Waals surface area contributed by atoms with Gasteiger partial charge in [-0.25, -0.2) is 0 Å². The molecule has 0 radical (unpaired) electrons. The summed E-state index contributed by atoms with van der Waals surface area (Å²) in [6.07, 6.45) is 1.70. The van der Waals surface area contributed by atoms with Crippen LogP contribution >= 0.6 is 11.8 Å². The summed E-state index contributed by atoms with van der Waals surface area (Å²) in [7, 11) is 0. The third-order valence-corrected chi connectivity index (χ3v) is 6.46. The molecule has 2 saturated heterocycles. The van der Waals surface area contributed by atoms with Gasteiger partial charge >= 0.3 is 5.69 Å². The zero-order valence-electron chi connectivity index (χ0n) is 14.4. The molecule has 0 bridgehead atoms. The highest BCUT2D eigenvalue weighted by molar-refractivity contribution is 7.99. The average Bonchev–Trinajstić information content (AvgIpc) is 2.66. The quantitative estimate of drug-likeness (QED) is 0.184. The fraction of sp³-hybridized carbons (Fsp3) is 0.600. The molecule has 1 N–H and O–H groups in total. The summed E-state index contributed by atoms with van der Waals surface area (Å²) >= 11 is 0.429. The van der Waals surface area contributed by atoms with Crippen LogP contribution in [0.1, 0.15) is 0 Å². The Kier molecular flexibility index (Phi) is 6.57. The third kappa shape index (κ3) is 4.40. The summed E-state index contributed by atoms with van der Waals surface area (Å²) < 4.78 is 11.7. The molecule has 0 unspecified atom stereocenters. The van der Waals surface area contributed by atoms with Crippen molar-refractivity contribution in [3.05, 3.63) is 22.8 Å². The van der Waals surface area contributed by atoms with Gasteiger partial charge in [0, 0.05) is 31.9 Å². The summed E-state index contributed by atoms with van der Waals surface area (Å²) in [5.41, 5.74) is -0.0663. The number of thioether (sulfide) groups is 1. The predicted molar refractivity (Wildman–Crippen MR) is 105 cm³/mol. The fourth-order valence-electron chi connectivity index (χ4n) is 2.89. The van der Waals surface area contributed by atoms with Crippen molar-refractivity contribution in [1.82, 2.24) is 15.3 Å². The minimum absolute atomic E-state index is 0.0663. The Labute approximate surface area is 159 Å². The van der Waals surface area contributed by atoms with Crippen molar-refractivity contribution in [2.75, 3.05) is 66.3 Å². The molecule has 0 spiro atoms. The van der Waals surface area contributed by atoms with Gasteiger partial charge in [-0.05, 0) is 0 Å². The standard InChI is InChI=1S/C15H22N6O3S2/c1-2-9-25-14-12(21(22)23)13(19-7-10-26(24)11-8-19)17-15(18-14)20-5-3-16-4-6-20/h2,16H,1,3-11H2. The topological polar surface area (TPSA) is 110 Å². The SMILES string of the molecule is C=CCSc1nc(N2CCNCC2)nc(N2CC[S+]([O-])CC2)c1[N+](=O)[O-]. The molecule has 2 aliphatic heterocycles. The average molecular weight is 399 g/mol. The van der Waals surface area contributed by atoms with Gasteiger partial charge in [-0.15, -0.1) is 6.58 Å². The van der Waals surface area contributed by atoms with Crippen molar-refractivity contribution in [3.8, 4) is 0 Å². The lowest BCUT2D eigenvalue weighted by molar-refractivity contribution is -0.387. The molecule has 142 valence electrons. The number of nitrogens with zero attached hydrogens (tertiary/aromatic N) is 5. The van der Waals surface area contributed by atoms with Crippen LogP contribution in [0.3, 0.4) is 0 Å². The normalized spacial score (nSPS) is 18.8. The van der Waals surface area contributed by atoms with Crippen LogP contribution in [0.25, 0.3) is 0 Å². The molecule has 0 saturated carbocycles. The predicted octanol–water partition coefficient (Wildman–Crippen LogP) is 0.641. The van der Waals surface area contributed by atoms with Crippen LogP contribution in [-0.2, 0) is 11.2 Å². The number of aromatic nitrogens is 2. The molecule has 0 atom stereocenters. The van der Waals surface area contributed by atoms with Crippen LogP contribution in [0.5, 0.6) is 0 Å². The molecule has 2 aliphatic rings. The van der Waals surface area contributed by atoms with Gasteiger partial charge in [-0.3, -0.25) is 10.1 Å². The molecule has 0 aliphatic carbocycles. The number of nitro groups is 1. The van der Waals surface area contributed by atoms with Crippen LogP contribution in [0, 0.1) is 10.1 Å². The van der Waals surface area contributed by atoms with Crippen molar-refractivity contribution in [2.45, 2.75) is 5.03 Å². The highest BCUT2D eigenvalue weighted by Crippen LogP contribution is 2.37. The zero-order valence-corrected chi connectivity index (χ0v) is 16.1. The minimum Gasteiger partial charge on any atom is -0.616 e. The van der Waals surface area contributed by atoms with E-state index in [0.29, 0.717) is 47.1 Å². The summed E-state index contributed by atoms with van der Waals surface area (Å²) in [6, 6.07) is 0. The Morgan fingerprint density at radius 2 is 1.92 bits per heavy atom. The van der Waals surface area contributed by atoms with E-state index in [1.165, 1.54) is 11.8 Å². The number of rotatable bonds is 6. The summed E-state index contributed by atoms with van der Waals surface area (Å²) in [5, 5.41) is 15.4. The Bertz CT molecular complexity index is 663. The van der Waals surface area contributed by atoms with Gasteiger partial charge in [0.2, 0.25) is 11.8 Å². The zero-order chi connectivity index (χ0) is 18.5. The van der Waals surface area contributed by atoms with Crippen molar-refractivity contribution < 1.29 is 9.48 Å². The maximum absolute atomic E-state index is 11.8. The first-order valence-electron chi connectivity index (χ1n) is 8.46. The second kappa shape index (κ2) is 8.89. The van der Waals surface area contributed by atoms with Gasteiger partial charge in [-0.1, -0.05) is 29.0 Å². The van der Waals surface area contributed by atoms with E-state index in [0.717, 1.165) is 26.2 Å². The van der Waals surface area contributed by atoms with E-state index in [4.69, 9.17) is 0 Å². The Balaban J connectivity index is 2.02. The lowest BCUT2D eigenvalue weighted by Crippen LogP contribution is -2.45. The van der Waals surface area contributed by atoms with Crippen LogP contribution in [0.4, 0.5) is 17.5 Å². The lowest BCUT2D eigenvalue weighted by atomic mass is 10.3. The largest absolute Gasteiger partial charge is 0.616 e. The molecule has 3 heterocycles. The van der Waals surface area contributed by atoms with Crippen molar-refractivity contribution in [1.29, 1.82) is 0 Å². The second-order valence-corrected chi connectivity index (χ2v) is 8.63. The Hall–Kier alpha value is -1.56. The first-order chi connectivity index (χ1) is 12.6. The molecular weight excluding hydrogens is 376 g/mol. The highest BCUT2D eigenvalue weighted by atomic mass is 32.2. The van der Waals surface area contributed by atoms with Gasteiger partial charge in [0.05, 0.1) is 18.0 Å². The first kappa shape index (κ1) is 19.2. The lowest BCUT2D eigenvalue weighted by Gasteiger charge is -2.31. The van der Waals surface area contributed by atoms with Gasteiger partial charge < -0.3 is 19.7 Å². The second-order valence-electron chi connectivity index (χ2n) is 5.93. The van der Waals surface area contributed by atoms with E-state index in [2.05, 4.69) is 21.9 Å². The molecule has 3 rings (SSSR count). The van der Waals surface area contributed by atoms with Crippen LogP contribution in [-0.4, -0.2) is 76.0 Å². The molecule has 26 heavy (non-hydrogen) atoms. The Morgan fingerprint density at radius 1 is 1.23 bits per heavy atom. The monoisotopic (exact) mass is 398 g/mol. The van der Waals surface area contributed by atoms with Gasteiger partial charge in [-0.2, -0.15) is 9.97 Å². The maximum atomic E-state index is 11.8. The van der Waals surface area contributed by atoms with E-state index >= 15 is 0 Å². The number of nitrogens with one attached hydrogen (secondary N) is 1.